The zero-order valence-corrected chi connectivity index (χ0v) is 13.3. The number of allylic oxidation sites excluding steroid dienone is 6. The number of hydrogen-bond acceptors (Lipinski definition) is 0. The highest BCUT2D eigenvalue weighted by molar-refractivity contribution is 14.1. The van der Waals surface area contributed by atoms with Gasteiger partial charge in [-0.25, -0.2) is 0 Å². The van der Waals surface area contributed by atoms with Gasteiger partial charge in [-0.15, -0.1) is 0 Å². The highest BCUT2D eigenvalue weighted by atomic mass is 127. The van der Waals surface area contributed by atoms with E-state index in [-0.39, 0.29) is 0 Å². The van der Waals surface area contributed by atoms with Gasteiger partial charge in [0, 0.05) is 4.43 Å². The van der Waals surface area contributed by atoms with Crippen molar-refractivity contribution < 1.29 is 0 Å². The van der Waals surface area contributed by atoms with Crippen molar-refractivity contribution >= 4 is 22.6 Å². The molecule has 0 rings (SSSR count). The molecule has 0 spiro atoms. The Balaban J connectivity index is 3.87. The topological polar surface area (TPSA) is 0 Å². The zero-order chi connectivity index (χ0) is 12.4. The molecule has 0 amide bonds. The van der Waals surface area contributed by atoms with Crippen molar-refractivity contribution in [3.05, 3.63) is 34.9 Å². The normalized spacial score (nSPS) is 12.8. The van der Waals surface area contributed by atoms with Gasteiger partial charge in [-0.1, -0.05) is 57.5 Å². The Labute approximate surface area is 115 Å². The second-order valence-electron chi connectivity index (χ2n) is 4.60. The minimum absolute atomic E-state index is 1.10. The van der Waals surface area contributed by atoms with Crippen LogP contribution in [0.3, 0.4) is 0 Å². The zero-order valence-electron chi connectivity index (χ0n) is 11.1. The van der Waals surface area contributed by atoms with E-state index >= 15 is 0 Å². The highest BCUT2D eigenvalue weighted by Crippen LogP contribution is 2.09. The van der Waals surface area contributed by atoms with Crippen molar-refractivity contribution in [3.8, 4) is 0 Å². The summed E-state index contributed by atoms with van der Waals surface area (Å²) in [4.78, 5) is 0. The maximum Gasteiger partial charge on any atom is 0.00324 e. The fourth-order valence-electron chi connectivity index (χ4n) is 1.40. The second kappa shape index (κ2) is 10.1. The first-order chi connectivity index (χ1) is 7.56. The molecule has 0 aliphatic heterocycles. The standard InChI is InChI=1S/C15H25I/c1-13(2)7-5-8-14(3)9-6-10-15(4)11-12-16/h7,9-10H,5-6,8,11-12H2,1-4H3. The van der Waals surface area contributed by atoms with Crippen molar-refractivity contribution in [2.24, 2.45) is 0 Å². The lowest BCUT2D eigenvalue weighted by Gasteiger charge is -1.99. The Morgan fingerprint density at radius 3 is 1.94 bits per heavy atom. The molecule has 0 heterocycles. The van der Waals surface area contributed by atoms with E-state index in [2.05, 4.69) is 68.5 Å². The third-order valence-electron chi connectivity index (χ3n) is 2.51. The Hall–Kier alpha value is -0.0500. The first-order valence-corrected chi connectivity index (χ1v) is 7.59. The summed E-state index contributed by atoms with van der Waals surface area (Å²) in [5.74, 6) is 0. The van der Waals surface area contributed by atoms with E-state index in [1.807, 2.05) is 0 Å². The Kier molecular flexibility index (Phi) is 10.1. The summed E-state index contributed by atoms with van der Waals surface area (Å²) in [6.07, 6.45) is 11.7. The smallest absolute Gasteiger partial charge is 0.00324 e. The van der Waals surface area contributed by atoms with E-state index in [4.69, 9.17) is 0 Å². The quantitative estimate of drug-likeness (QED) is 0.312. The van der Waals surface area contributed by atoms with Crippen LogP contribution >= 0.6 is 22.6 Å². The molecule has 0 unspecified atom stereocenters. The van der Waals surface area contributed by atoms with Crippen LogP contribution < -0.4 is 0 Å². The minimum Gasteiger partial charge on any atom is -0.0860 e. The summed E-state index contributed by atoms with van der Waals surface area (Å²) in [5.41, 5.74) is 4.45. The van der Waals surface area contributed by atoms with E-state index in [0.717, 1.165) is 6.42 Å². The Morgan fingerprint density at radius 1 is 0.875 bits per heavy atom. The van der Waals surface area contributed by atoms with E-state index < -0.39 is 0 Å². The molecule has 0 atom stereocenters. The van der Waals surface area contributed by atoms with Crippen LogP contribution in [0.15, 0.2) is 34.9 Å². The molecule has 0 nitrogen and oxygen atoms in total. The molecular formula is C15H25I. The Bertz CT molecular complexity index is 265. The molecule has 0 aromatic carbocycles. The number of hydrogen-bond donors (Lipinski definition) is 0. The molecular weight excluding hydrogens is 307 g/mol. The van der Waals surface area contributed by atoms with Crippen LogP contribution in [0.5, 0.6) is 0 Å². The molecule has 1 heteroatoms. The second-order valence-corrected chi connectivity index (χ2v) is 5.67. The lowest BCUT2D eigenvalue weighted by Crippen LogP contribution is -1.79. The first kappa shape index (κ1) is 16.0. The minimum atomic E-state index is 1.10. The van der Waals surface area contributed by atoms with Crippen LogP contribution in [0.2, 0.25) is 0 Å². The molecule has 0 aliphatic carbocycles. The lowest BCUT2D eigenvalue weighted by atomic mass is 10.1. The van der Waals surface area contributed by atoms with Crippen molar-refractivity contribution in [2.75, 3.05) is 4.43 Å². The van der Waals surface area contributed by atoms with Gasteiger partial charge in [0.05, 0.1) is 0 Å². The van der Waals surface area contributed by atoms with Crippen molar-refractivity contribution in [3.63, 3.8) is 0 Å². The molecule has 0 aromatic rings. The fraction of sp³-hybridized carbons (Fsp3) is 0.600. The molecule has 16 heavy (non-hydrogen) atoms. The van der Waals surface area contributed by atoms with E-state index in [1.165, 1.54) is 40.4 Å². The maximum absolute atomic E-state index is 2.43. The summed E-state index contributed by atoms with van der Waals surface area (Å²) >= 11 is 2.43. The van der Waals surface area contributed by atoms with Gasteiger partial charge < -0.3 is 0 Å². The lowest BCUT2D eigenvalue weighted by molar-refractivity contribution is 0.957. The van der Waals surface area contributed by atoms with Crippen molar-refractivity contribution in [1.82, 2.24) is 0 Å². The number of rotatable bonds is 7. The molecule has 0 aliphatic rings. The van der Waals surface area contributed by atoms with E-state index in [0.29, 0.717) is 0 Å². The average Bonchev–Trinajstić information content (AvgIpc) is 2.17. The number of halogens is 1. The van der Waals surface area contributed by atoms with Crippen LogP contribution in [0.4, 0.5) is 0 Å². The van der Waals surface area contributed by atoms with Crippen LogP contribution in [0, 0.1) is 0 Å². The predicted octanol–water partition coefficient (Wildman–Crippen LogP) is 5.84. The van der Waals surface area contributed by atoms with Gasteiger partial charge in [0.1, 0.15) is 0 Å². The van der Waals surface area contributed by atoms with Crippen LogP contribution in [-0.4, -0.2) is 4.43 Å². The molecule has 92 valence electrons. The van der Waals surface area contributed by atoms with Crippen molar-refractivity contribution in [2.45, 2.75) is 53.4 Å². The average molecular weight is 332 g/mol. The van der Waals surface area contributed by atoms with Gasteiger partial charge in [-0.3, -0.25) is 0 Å². The van der Waals surface area contributed by atoms with E-state index in [1.54, 1.807) is 0 Å². The highest BCUT2D eigenvalue weighted by Gasteiger charge is 1.89. The summed E-state index contributed by atoms with van der Waals surface area (Å²) in [6.45, 7) is 8.79. The maximum atomic E-state index is 2.43. The van der Waals surface area contributed by atoms with Gasteiger partial charge in [0.25, 0.3) is 0 Å². The molecule has 0 radical (unpaired) electrons. The SMILES string of the molecule is CC(C)=CCCC(C)=CCC=C(C)CCI. The summed E-state index contributed by atoms with van der Waals surface area (Å²) < 4.78 is 1.23. The molecule has 0 bridgehead atoms. The van der Waals surface area contributed by atoms with Crippen molar-refractivity contribution in [1.29, 1.82) is 0 Å². The fourth-order valence-corrected chi connectivity index (χ4v) is 2.25. The van der Waals surface area contributed by atoms with Gasteiger partial charge in [0.2, 0.25) is 0 Å². The molecule has 0 saturated heterocycles. The summed E-state index contributed by atoms with van der Waals surface area (Å²) in [5, 5.41) is 0. The first-order valence-electron chi connectivity index (χ1n) is 6.07. The third kappa shape index (κ3) is 10.5. The molecule has 0 saturated carbocycles. The number of alkyl halides is 1. The van der Waals surface area contributed by atoms with Crippen LogP contribution in [0.1, 0.15) is 53.4 Å². The van der Waals surface area contributed by atoms with Gasteiger partial charge >= 0.3 is 0 Å². The van der Waals surface area contributed by atoms with E-state index in [9.17, 15) is 0 Å². The monoisotopic (exact) mass is 332 g/mol. The van der Waals surface area contributed by atoms with Gasteiger partial charge in [0.15, 0.2) is 0 Å². The molecule has 0 N–H and O–H groups in total. The third-order valence-corrected chi connectivity index (χ3v) is 3.05. The largest absolute Gasteiger partial charge is 0.0860 e. The van der Waals surface area contributed by atoms with Crippen LogP contribution in [0.25, 0.3) is 0 Å². The van der Waals surface area contributed by atoms with Gasteiger partial charge in [-0.2, -0.15) is 0 Å². The molecule has 0 fully saturated rings. The predicted molar refractivity (Wildman–Crippen MR) is 84.3 cm³/mol. The summed E-state index contributed by atoms with van der Waals surface area (Å²) in [7, 11) is 0. The Morgan fingerprint density at radius 2 is 1.44 bits per heavy atom. The molecule has 0 aromatic heterocycles. The summed E-state index contributed by atoms with van der Waals surface area (Å²) in [6, 6.07) is 0. The van der Waals surface area contributed by atoms with Crippen LogP contribution in [-0.2, 0) is 0 Å². The van der Waals surface area contributed by atoms with Gasteiger partial charge in [-0.05, 0) is 53.4 Å².